The molecule has 1 saturated carbocycles. The Kier molecular flexibility index (Phi) is 6.73. The minimum Gasteiger partial charge on any atom is -0.618 e. The van der Waals surface area contributed by atoms with Gasteiger partial charge in [-0.25, -0.2) is 17.2 Å². The molecule has 0 N–H and O–H groups in total. The molecule has 0 aliphatic heterocycles. The van der Waals surface area contributed by atoms with Crippen molar-refractivity contribution in [1.82, 2.24) is 0 Å². The van der Waals surface area contributed by atoms with Gasteiger partial charge in [0.05, 0.1) is 4.90 Å². The molecule has 0 radical (unpaired) electrons. The molecular weight excluding hydrogens is 484 g/mol. The highest BCUT2D eigenvalue weighted by Crippen LogP contribution is 2.50. The maximum absolute atomic E-state index is 14.9. The Bertz CT molecular complexity index is 1320. The van der Waals surface area contributed by atoms with Gasteiger partial charge in [-0.15, -0.1) is 0 Å². The van der Waals surface area contributed by atoms with E-state index < -0.39 is 26.2 Å². The zero-order valence-electron chi connectivity index (χ0n) is 18.1. The molecule has 0 saturated heterocycles. The lowest BCUT2D eigenvalue weighted by Gasteiger charge is -2.40. The first-order valence-electron chi connectivity index (χ1n) is 10.8. The Hall–Kier alpha value is -2.84. The van der Waals surface area contributed by atoms with Gasteiger partial charge >= 0.3 is 0 Å². The van der Waals surface area contributed by atoms with Crippen LogP contribution in [0.1, 0.15) is 48.2 Å². The van der Waals surface area contributed by atoms with Crippen LogP contribution in [0.4, 0.5) is 8.78 Å². The SMILES string of the molecule is O=C(CC1CCC(c2cc(F)ccc2F)(S(=O)(=O)c2ccc(Cl)cc2)CC1)c1cccc[n+]1[O-]. The summed E-state index contributed by atoms with van der Waals surface area (Å²) in [5, 5.41) is 12.3. The third-order valence-electron chi connectivity index (χ3n) is 6.55. The molecule has 5 nitrogen and oxygen atoms in total. The summed E-state index contributed by atoms with van der Waals surface area (Å²) in [4.78, 5) is 12.6. The van der Waals surface area contributed by atoms with E-state index in [0.29, 0.717) is 22.6 Å². The van der Waals surface area contributed by atoms with Crippen molar-refractivity contribution in [1.29, 1.82) is 0 Å². The number of carbonyl (C=O) groups is 1. The molecule has 2 aromatic carbocycles. The summed E-state index contributed by atoms with van der Waals surface area (Å²) in [5.74, 6) is -2.07. The van der Waals surface area contributed by atoms with Crippen molar-refractivity contribution in [3.8, 4) is 0 Å². The number of nitrogens with zero attached hydrogens (tertiary/aromatic N) is 1. The number of carbonyl (C=O) groups excluding carboxylic acids is 1. The largest absolute Gasteiger partial charge is 0.618 e. The van der Waals surface area contributed by atoms with Crippen molar-refractivity contribution in [2.75, 3.05) is 0 Å². The third-order valence-corrected chi connectivity index (χ3v) is 9.36. The van der Waals surface area contributed by atoms with Crippen LogP contribution in [-0.4, -0.2) is 14.2 Å². The van der Waals surface area contributed by atoms with Gasteiger partial charge in [0.25, 0.3) is 5.69 Å². The van der Waals surface area contributed by atoms with Crippen LogP contribution in [0.3, 0.4) is 0 Å². The summed E-state index contributed by atoms with van der Waals surface area (Å²) in [6.07, 6.45) is 1.89. The molecule has 3 aromatic rings. The van der Waals surface area contributed by atoms with E-state index in [1.54, 1.807) is 6.07 Å². The van der Waals surface area contributed by atoms with Gasteiger partial charge in [0, 0.05) is 29.1 Å². The highest BCUT2D eigenvalue weighted by atomic mass is 35.5. The average molecular weight is 506 g/mol. The van der Waals surface area contributed by atoms with E-state index in [2.05, 4.69) is 0 Å². The Morgan fingerprint density at radius 3 is 2.38 bits per heavy atom. The second kappa shape index (κ2) is 9.43. The standard InChI is InChI=1S/C25H22ClF2NO4S/c26-18-4-7-20(8-5-18)34(32,33)25(21-16-19(27)6-9-22(21)28)12-10-17(11-13-25)15-24(30)23-3-1-2-14-29(23)31/h1-9,14,16-17H,10-13,15H2. The van der Waals surface area contributed by atoms with Gasteiger partial charge < -0.3 is 5.21 Å². The van der Waals surface area contributed by atoms with Crippen molar-refractivity contribution < 1.29 is 26.7 Å². The first-order valence-corrected chi connectivity index (χ1v) is 12.7. The fourth-order valence-corrected chi connectivity index (χ4v) is 7.02. The summed E-state index contributed by atoms with van der Waals surface area (Å²) in [6.45, 7) is 0. The third kappa shape index (κ3) is 4.44. The zero-order valence-corrected chi connectivity index (χ0v) is 19.7. The van der Waals surface area contributed by atoms with Crippen molar-refractivity contribution in [2.45, 2.75) is 41.7 Å². The number of pyridine rings is 1. The Morgan fingerprint density at radius 1 is 1.06 bits per heavy atom. The van der Waals surface area contributed by atoms with Gasteiger partial charge in [0.15, 0.2) is 16.0 Å². The summed E-state index contributed by atoms with van der Waals surface area (Å²) in [5.41, 5.74) is -0.197. The van der Waals surface area contributed by atoms with E-state index in [1.165, 1.54) is 42.6 Å². The minimum absolute atomic E-state index is 0.00243. The van der Waals surface area contributed by atoms with E-state index in [9.17, 15) is 27.2 Å². The normalized spacial score (nSPS) is 20.7. The number of ketones is 1. The fourth-order valence-electron chi connectivity index (χ4n) is 4.73. The minimum atomic E-state index is -4.15. The molecule has 1 aromatic heterocycles. The molecular formula is C25H22ClF2NO4S. The number of Topliss-reactive ketones (excluding diaryl/α,β-unsaturated/α-hetero) is 1. The van der Waals surface area contributed by atoms with Crippen molar-refractivity contribution in [2.24, 2.45) is 5.92 Å². The van der Waals surface area contributed by atoms with Crippen LogP contribution in [-0.2, 0) is 14.6 Å². The number of sulfone groups is 1. The molecule has 0 spiro atoms. The molecule has 0 unspecified atom stereocenters. The van der Waals surface area contributed by atoms with Crippen LogP contribution in [0.15, 0.2) is 71.8 Å². The molecule has 4 rings (SSSR count). The molecule has 0 bridgehead atoms. The van der Waals surface area contributed by atoms with Gasteiger partial charge in [0.1, 0.15) is 16.4 Å². The van der Waals surface area contributed by atoms with E-state index in [-0.39, 0.29) is 47.1 Å². The molecule has 0 atom stereocenters. The molecule has 0 amide bonds. The maximum Gasteiger partial charge on any atom is 0.259 e. The average Bonchev–Trinajstić information content (AvgIpc) is 2.81. The topological polar surface area (TPSA) is 78.2 Å². The quantitative estimate of drug-likeness (QED) is 0.256. The molecule has 1 aliphatic rings. The molecule has 1 heterocycles. The highest BCUT2D eigenvalue weighted by Gasteiger charge is 2.50. The number of rotatable bonds is 6. The highest BCUT2D eigenvalue weighted by molar-refractivity contribution is 7.92. The van der Waals surface area contributed by atoms with E-state index >= 15 is 0 Å². The summed E-state index contributed by atoms with van der Waals surface area (Å²) in [7, 11) is -4.15. The van der Waals surface area contributed by atoms with Crippen LogP contribution < -0.4 is 4.73 Å². The summed E-state index contributed by atoms with van der Waals surface area (Å²) in [6, 6.07) is 13.0. The summed E-state index contributed by atoms with van der Waals surface area (Å²) < 4.78 is 55.6. The Balaban J connectivity index is 1.68. The van der Waals surface area contributed by atoms with Crippen LogP contribution in [0.2, 0.25) is 5.02 Å². The number of hydrogen-bond donors (Lipinski definition) is 0. The predicted molar refractivity (Wildman–Crippen MR) is 123 cm³/mol. The second-order valence-corrected chi connectivity index (χ2v) is 11.3. The van der Waals surface area contributed by atoms with Gasteiger partial charge in [0.2, 0.25) is 5.78 Å². The number of halogens is 3. The predicted octanol–water partition coefficient (Wildman–Crippen LogP) is 5.38. The first-order chi connectivity index (χ1) is 16.1. The van der Waals surface area contributed by atoms with Gasteiger partial charge in [-0.1, -0.05) is 11.6 Å². The zero-order chi connectivity index (χ0) is 24.5. The second-order valence-electron chi connectivity index (χ2n) is 8.56. The van der Waals surface area contributed by atoms with E-state index in [1.807, 2.05) is 0 Å². The number of hydrogen-bond acceptors (Lipinski definition) is 4. The Labute approximate surface area is 201 Å². The van der Waals surface area contributed by atoms with E-state index in [0.717, 1.165) is 18.2 Å². The van der Waals surface area contributed by atoms with Crippen molar-refractivity contribution >= 4 is 27.2 Å². The number of benzene rings is 2. The molecule has 34 heavy (non-hydrogen) atoms. The smallest absolute Gasteiger partial charge is 0.259 e. The maximum atomic E-state index is 14.9. The number of aromatic nitrogens is 1. The van der Waals surface area contributed by atoms with Gasteiger partial charge in [-0.2, -0.15) is 4.73 Å². The molecule has 1 aliphatic carbocycles. The first kappa shape index (κ1) is 24.3. The van der Waals surface area contributed by atoms with Crippen LogP contribution >= 0.6 is 11.6 Å². The van der Waals surface area contributed by atoms with E-state index in [4.69, 9.17) is 11.6 Å². The lowest BCUT2D eigenvalue weighted by molar-refractivity contribution is -0.607. The summed E-state index contributed by atoms with van der Waals surface area (Å²) >= 11 is 5.91. The van der Waals surface area contributed by atoms with Gasteiger partial charge in [-0.3, -0.25) is 4.79 Å². The molecule has 9 heteroatoms. The Morgan fingerprint density at radius 2 is 1.74 bits per heavy atom. The van der Waals surface area contributed by atoms with Crippen LogP contribution in [0, 0.1) is 22.8 Å². The van der Waals surface area contributed by atoms with Crippen molar-refractivity contribution in [3.05, 3.63) is 100.0 Å². The molecule has 1 fully saturated rings. The lowest BCUT2D eigenvalue weighted by atomic mass is 9.76. The molecule has 178 valence electrons. The van der Waals surface area contributed by atoms with Gasteiger partial charge in [-0.05, 0) is 80.1 Å². The lowest BCUT2D eigenvalue weighted by Crippen LogP contribution is -2.41. The fraction of sp³-hybridized carbons (Fsp3) is 0.280. The van der Waals surface area contributed by atoms with Crippen LogP contribution in [0.25, 0.3) is 0 Å². The van der Waals surface area contributed by atoms with Crippen LogP contribution in [0.5, 0.6) is 0 Å². The monoisotopic (exact) mass is 505 g/mol. The van der Waals surface area contributed by atoms with Crippen molar-refractivity contribution in [3.63, 3.8) is 0 Å².